The van der Waals surface area contributed by atoms with Gasteiger partial charge in [0.1, 0.15) is 12.2 Å². The first-order valence-electron chi connectivity index (χ1n) is 6.51. The van der Waals surface area contributed by atoms with Crippen molar-refractivity contribution < 1.29 is 19.4 Å². The van der Waals surface area contributed by atoms with Crippen LogP contribution in [0.25, 0.3) is 0 Å². The van der Waals surface area contributed by atoms with Gasteiger partial charge in [-0.25, -0.2) is 4.79 Å². The van der Waals surface area contributed by atoms with E-state index in [0.29, 0.717) is 25.4 Å². The maximum atomic E-state index is 12.4. The molecule has 1 aromatic carbocycles. The second-order valence-corrected chi connectivity index (χ2v) is 4.76. The molecule has 6 nitrogen and oxygen atoms in total. The highest BCUT2D eigenvalue weighted by Crippen LogP contribution is 2.35. The number of rotatable bonds is 4. The Bertz CT molecular complexity index is 530. The third-order valence-electron chi connectivity index (χ3n) is 3.27. The van der Waals surface area contributed by atoms with Crippen molar-refractivity contribution in [2.45, 2.75) is 6.92 Å². The third kappa shape index (κ3) is 2.60. The van der Waals surface area contributed by atoms with E-state index in [1.165, 1.54) is 6.07 Å². The van der Waals surface area contributed by atoms with Gasteiger partial charge in [-0.3, -0.25) is 4.79 Å². The zero-order chi connectivity index (χ0) is 14.7. The van der Waals surface area contributed by atoms with E-state index >= 15 is 0 Å². The van der Waals surface area contributed by atoms with Crippen LogP contribution in [0.15, 0.2) is 18.2 Å². The minimum Gasteiger partial charge on any atom is -0.489 e. The van der Waals surface area contributed by atoms with Gasteiger partial charge in [0.25, 0.3) is 0 Å². The van der Waals surface area contributed by atoms with Crippen LogP contribution >= 0.6 is 0 Å². The number of fused-ring (bicyclic) bond motifs is 1. The number of anilines is 1. The number of benzene rings is 1. The number of para-hydroxylation sites is 1. The first kappa shape index (κ1) is 14.3. The highest BCUT2D eigenvalue weighted by Gasteiger charge is 2.29. The smallest absolute Gasteiger partial charge is 0.339 e. The predicted molar refractivity (Wildman–Crippen MR) is 74.3 cm³/mol. The van der Waals surface area contributed by atoms with Crippen LogP contribution in [0.4, 0.5) is 5.69 Å². The summed E-state index contributed by atoms with van der Waals surface area (Å²) in [6, 6.07) is 4.82. The Morgan fingerprint density at radius 2 is 2.25 bits per heavy atom. The van der Waals surface area contributed by atoms with E-state index in [4.69, 9.17) is 9.84 Å². The third-order valence-corrected chi connectivity index (χ3v) is 3.27. The van der Waals surface area contributed by atoms with E-state index < -0.39 is 5.97 Å². The molecule has 0 aliphatic carbocycles. The fourth-order valence-electron chi connectivity index (χ4n) is 2.31. The minimum atomic E-state index is -1.06. The lowest BCUT2D eigenvalue weighted by Gasteiger charge is -2.32. The van der Waals surface area contributed by atoms with Crippen LogP contribution in [-0.2, 0) is 4.79 Å². The molecule has 0 spiro atoms. The molecule has 108 valence electrons. The summed E-state index contributed by atoms with van der Waals surface area (Å²) in [5, 5.41) is 12.1. The van der Waals surface area contributed by atoms with Gasteiger partial charge in [0.15, 0.2) is 5.75 Å². The van der Waals surface area contributed by atoms with Crippen LogP contribution in [-0.4, -0.2) is 43.7 Å². The number of ether oxygens (including phenoxy) is 1. The molecule has 0 fully saturated rings. The van der Waals surface area contributed by atoms with Gasteiger partial charge < -0.3 is 20.1 Å². The van der Waals surface area contributed by atoms with Gasteiger partial charge in [-0.05, 0) is 19.2 Å². The van der Waals surface area contributed by atoms with Crippen molar-refractivity contribution in [1.29, 1.82) is 0 Å². The Morgan fingerprint density at radius 1 is 1.50 bits per heavy atom. The number of nitrogens with one attached hydrogen (secondary N) is 1. The first-order valence-corrected chi connectivity index (χ1v) is 6.51. The summed E-state index contributed by atoms with van der Waals surface area (Å²) in [4.78, 5) is 25.2. The Kier molecular flexibility index (Phi) is 4.24. The fourth-order valence-corrected chi connectivity index (χ4v) is 2.31. The van der Waals surface area contributed by atoms with E-state index in [1.54, 1.807) is 24.1 Å². The van der Waals surface area contributed by atoms with Gasteiger partial charge in [0.2, 0.25) is 5.91 Å². The molecule has 1 unspecified atom stereocenters. The molecule has 1 aliphatic rings. The maximum absolute atomic E-state index is 12.4. The summed E-state index contributed by atoms with van der Waals surface area (Å²) in [5.74, 6) is -0.999. The molecule has 1 aromatic rings. The molecule has 0 aromatic heterocycles. The van der Waals surface area contributed by atoms with E-state index in [0.717, 1.165) is 0 Å². The fraction of sp³-hybridized carbons (Fsp3) is 0.429. The molecule has 1 atom stereocenters. The number of hydrogen-bond acceptors (Lipinski definition) is 4. The molecule has 0 radical (unpaired) electrons. The molecule has 2 rings (SSSR count). The largest absolute Gasteiger partial charge is 0.489 e. The average Bonchev–Trinajstić information content (AvgIpc) is 2.45. The Morgan fingerprint density at radius 3 is 2.90 bits per heavy atom. The Labute approximate surface area is 117 Å². The van der Waals surface area contributed by atoms with Crippen LogP contribution in [0.3, 0.4) is 0 Å². The monoisotopic (exact) mass is 278 g/mol. The molecule has 0 bridgehead atoms. The molecular formula is C14H18N2O4. The molecule has 20 heavy (non-hydrogen) atoms. The SMILES string of the molecule is CNCC(C)C(=O)N1CCOc2c(C(=O)O)cccc21. The van der Waals surface area contributed by atoms with Crippen molar-refractivity contribution in [3.05, 3.63) is 23.8 Å². The summed E-state index contributed by atoms with van der Waals surface area (Å²) in [6.45, 7) is 3.15. The summed E-state index contributed by atoms with van der Waals surface area (Å²) in [5.41, 5.74) is 0.616. The van der Waals surface area contributed by atoms with Crippen molar-refractivity contribution in [3.63, 3.8) is 0 Å². The number of amides is 1. The van der Waals surface area contributed by atoms with Crippen molar-refractivity contribution in [2.75, 3.05) is 31.6 Å². The zero-order valence-corrected chi connectivity index (χ0v) is 11.5. The van der Waals surface area contributed by atoms with Crippen molar-refractivity contribution in [3.8, 4) is 5.75 Å². The summed E-state index contributed by atoms with van der Waals surface area (Å²) >= 11 is 0. The van der Waals surface area contributed by atoms with Crippen LogP contribution in [0, 0.1) is 5.92 Å². The number of nitrogens with zero attached hydrogens (tertiary/aromatic N) is 1. The predicted octanol–water partition coefficient (Wildman–Crippen LogP) is 0.966. The first-order chi connectivity index (χ1) is 9.56. The second-order valence-electron chi connectivity index (χ2n) is 4.76. The zero-order valence-electron chi connectivity index (χ0n) is 11.5. The van der Waals surface area contributed by atoms with E-state index in [-0.39, 0.29) is 23.1 Å². The number of hydrogen-bond donors (Lipinski definition) is 2. The summed E-state index contributed by atoms with van der Waals surface area (Å²) < 4.78 is 5.45. The van der Waals surface area contributed by atoms with Crippen LogP contribution < -0.4 is 15.0 Å². The average molecular weight is 278 g/mol. The molecule has 1 aliphatic heterocycles. The van der Waals surface area contributed by atoms with E-state index in [9.17, 15) is 9.59 Å². The van der Waals surface area contributed by atoms with Gasteiger partial charge in [0.05, 0.1) is 12.2 Å². The summed E-state index contributed by atoms with van der Waals surface area (Å²) in [7, 11) is 1.79. The maximum Gasteiger partial charge on any atom is 0.339 e. The second kappa shape index (κ2) is 5.92. The van der Waals surface area contributed by atoms with Gasteiger partial charge in [-0.15, -0.1) is 0 Å². The highest BCUT2D eigenvalue weighted by molar-refractivity contribution is 6.00. The standard InChI is InChI=1S/C14H18N2O4/c1-9(8-15-2)13(17)16-6-7-20-12-10(14(18)19)4-3-5-11(12)16/h3-5,9,15H,6-8H2,1-2H3,(H,18,19). The number of carbonyl (C=O) groups excluding carboxylic acids is 1. The van der Waals surface area contributed by atoms with Crippen LogP contribution in [0.2, 0.25) is 0 Å². The number of aromatic carboxylic acids is 1. The summed E-state index contributed by atoms with van der Waals surface area (Å²) in [6.07, 6.45) is 0. The molecule has 1 heterocycles. The van der Waals surface area contributed by atoms with Crippen molar-refractivity contribution in [1.82, 2.24) is 5.32 Å². The lowest BCUT2D eigenvalue weighted by atomic mass is 10.1. The Hall–Kier alpha value is -2.08. The van der Waals surface area contributed by atoms with Crippen LogP contribution in [0.1, 0.15) is 17.3 Å². The Balaban J connectivity index is 2.36. The van der Waals surface area contributed by atoms with Gasteiger partial charge in [-0.2, -0.15) is 0 Å². The lowest BCUT2D eigenvalue weighted by molar-refractivity contribution is -0.122. The molecule has 0 saturated carbocycles. The highest BCUT2D eigenvalue weighted by atomic mass is 16.5. The quantitative estimate of drug-likeness (QED) is 0.858. The number of carboxylic acids is 1. The molecule has 6 heteroatoms. The molecule has 0 saturated heterocycles. The minimum absolute atomic E-state index is 0.0357. The molecule has 1 amide bonds. The van der Waals surface area contributed by atoms with Crippen molar-refractivity contribution >= 4 is 17.6 Å². The van der Waals surface area contributed by atoms with E-state index in [2.05, 4.69) is 5.32 Å². The van der Waals surface area contributed by atoms with Crippen LogP contribution in [0.5, 0.6) is 5.75 Å². The van der Waals surface area contributed by atoms with Gasteiger partial charge in [0, 0.05) is 12.5 Å². The van der Waals surface area contributed by atoms with E-state index in [1.807, 2.05) is 6.92 Å². The van der Waals surface area contributed by atoms with Gasteiger partial charge >= 0.3 is 5.97 Å². The van der Waals surface area contributed by atoms with Gasteiger partial charge in [-0.1, -0.05) is 13.0 Å². The topological polar surface area (TPSA) is 78.9 Å². The molecule has 2 N–H and O–H groups in total. The molecular weight excluding hydrogens is 260 g/mol. The normalized spacial score (nSPS) is 15.2. The lowest BCUT2D eigenvalue weighted by Crippen LogP contribution is -2.43. The number of carbonyl (C=O) groups is 2. The van der Waals surface area contributed by atoms with Crippen molar-refractivity contribution in [2.24, 2.45) is 5.92 Å². The number of carboxylic acid groups (broad SMARTS) is 1.